The number of hydrogen-bond donors (Lipinski definition) is 1. The fourth-order valence-electron chi connectivity index (χ4n) is 2.43. The van der Waals surface area contributed by atoms with E-state index < -0.39 is 18.5 Å². The number of nitrogens with one attached hydrogen (secondary N) is 1. The van der Waals surface area contributed by atoms with Gasteiger partial charge in [-0.3, -0.25) is 19.3 Å². The molecule has 134 valence electrons. The van der Waals surface area contributed by atoms with Crippen LogP contribution in [-0.2, 0) is 19.1 Å². The van der Waals surface area contributed by atoms with E-state index in [1.54, 1.807) is 6.92 Å². The Morgan fingerprint density at radius 3 is 2.42 bits per heavy atom. The highest BCUT2D eigenvalue weighted by atomic mass is 16.5. The molecule has 3 amide bonds. The molecule has 0 aliphatic carbocycles. The summed E-state index contributed by atoms with van der Waals surface area (Å²) in [4.78, 5) is 48.2. The van der Waals surface area contributed by atoms with Crippen molar-refractivity contribution in [1.82, 2.24) is 5.16 Å². The second-order valence-corrected chi connectivity index (χ2v) is 5.62. The third-order valence-electron chi connectivity index (χ3n) is 3.64. The Hall–Kier alpha value is -3.49. The number of aryl methyl sites for hydroxylation is 1. The number of ether oxygens (including phenoxy) is 1. The largest absolute Gasteiger partial charge is 0.452 e. The zero-order valence-electron chi connectivity index (χ0n) is 13.9. The van der Waals surface area contributed by atoms with Crippen LogP contribution in [0.1, 0.15) is 29.0 Å². The first-order chi connectivity index (χ1) is 12.4. The molecule has 0 unspecified atom stereocenters. The summed E-state index contributed by atoms with van der Waals surface area (Å²) in [7, 11) is 0. The van der Waals surface area contributed by atoms with Gasteiger partial charge in [0.1, 0.15) is 5.76 Å². The highest BCUT2D eigenvalue weighted by molar-refractivity contribution is 6.19. The van der Waals surface area contributed by atoms with Crippen LogP contribution in [0.15, 0.2) is 34.9 Å². The van der Waals surface area contributed by atoms with Gasteiger partial charge in [0, 0.05) is 18.9 Å². The standard InChI is InChI=1S/C17H15N3O6/c1-10-8-13(19-26-10)18-14(21)9-25-17(24)11-2-4-12(5-3-11)20-15(22)6-7-16(20)23/h2-5,8H,6-7,9H2,1H3,(H,18,19,21). The van der Waals surface area contributed by atoms with Gasteiger partial charge in [-0.2, -0.15) is 0 Å². The van der Waals surface area contributed by atoms with Gasteiger partial charge in [0.25, 0.3) is 5.91 Å². The number of aromatic nitrogens is 1. The number of carbonyl (C=O) groups is 4. The van der Waals surface area contributed by atoms with Gasteiger partial charge in [0.2, 0.25) is 11.8 Å². The van der Waals surface area contributed by atoms with Gasteiger partial charge in [-0.15, -0.1) is 0 Å². The van der Waals surface area contributed by atoms with E-state index in [2.05, 4.69) is 10.5 Å². The Morgan fingerprint density at radius 1 is 1.19 bits per heavy atom. The molecule has 9 nitrogen and oxygen atoms in total. The summed E-state index contributed by atoms with van der Waals surface area (Å²) < 4.78 is 9.72. The summed E-state index contributed by atoms with van der Waals surface area (Å²) in [6.45, 7) is 1.19. The minimum Gasteiger partial charge on any atom is -0.452 e. The molecule has 1 N–H and O–H groups in total. The van der Waals surface area contributed by atoms with Crippen LogP contribution in [0, 0.1) is 6.92 Å². The van der Waals surface area contributed by atoms with Gasteiger partial charge in [-0.05, 0) is 31.2 Å². The lowest BCUT2D eigenvalue weighted by atomic mass is 10.2. The van der Waals surface area contributed by atoms with E-state index in [0.29, 0.717) is 11.4 Å². The topological polar surface area (TPSA) is 119 Å². The van der Waals surface area contributed by atoms with Gasteiger partial charge in [-0.1, -0.05) is 5.16 Å². The Kier molecular flexibility index (Phi) is 4.78. The van der Waals surface area contributed by atoms with Crippen LogP contribution < -0.4 is 10.2 Å². The van der Waals surface area contributed by atoms with E-state index in [1.807, 2.05) is 0 Å². The number of carbonyl (C=O) groups excluding carboxylic acids is 4. The van der Waals surface area contributed by atoms with Crippen molar-refractivity contribution < 1.29 is 28.4 Å². The van der Waals surface area contributed by atoms with Gasteiger partial charge in [0.05, 0.1) is 11.3 Å². The van der Waals surface area contributed by atoms with E-state index in [9.17, 15) is 19.2 Å². The minimum absolute atomic E-state index is 0.183. The molecule has 1 aromatic heterocycles. The average Bonchev–Trinajstić information content (AvgIpc) is 3.18. The highest BCUT2D eigenvalue weighted by Crippen LogP contribution is 2.22. The second kappa shape index (κ2) is 7.18. The fraction of sp³-hybridized carbons (Fsp3) is 0.235. The number of rotatable bonds is 5. The smallest absolute Gasteiger partial charge is 0.338 e. The number of nitrogens with zero attached hydrogens (tertiary/aromatic N) is 2. The van der Waals surface area contributed by atoms with E-state index in [1.165, 1.54) is 30.3 Å². The molecular formula is C17H15N3O6. The van der Waals surface area contributed by atoms with E-state index >= 15 is 0 Å². The summed E-state index contributed by atoms with van der Waals surface area (Å²) in [5.74, 6) is -1.05. The van der Waals surface area contributed by atoms with Crippen molar-refractivity contribution in [2.24, 2.45) is 0 Å². The summed E-state index contributed by atoms with van der Waals surface area (Å²) in [5.41, 5.74) is 0.589. The lowest BCUT2D eigenvalue weighted by molar-refractivity contribution is -0.121. The molecule has 1 aliphatic rings. The number of anilines is 2. The first kappa shape index (κ1) is 17.3. The van der Waals surface area contributed by atoms with Gasteiger partial charge >= 0.3 is 5.97 Å². The van der Waals surface area contributed by atoms with Crippen LogP contribution in [-0.4, -0.2) is 35.5 Å². The number of imide groups is 1. The second-order valence-electron chi connectivity index (χ2n) is 5.62. The van der Waals surface area contributed by atoms with Crippen LogP contribution in [0.3, 0.4) is 0 Å². The molecule has 0 spiro atoms. The molecule has 0 radical (unpaired) electrons. The van der Waals surface area contributed by atoms with Crippen molar-refractivity contribution in [3.63, 3.8) is 0 Å². The molecule has 1 fully saturated rings. The number of esters is 1. The fourth-order valence-corrected chi connectivity index (χ4v) is 2.43. The summed E-state index contributed by atoms with van der Waals surface area (Å²) in [6, 6.07) is 7.34. The van der Waals surface area contributed by atoms with Crippen molar-refractivity contribution in [2.45, 2.75) is 19.8 Å². The lowest BCUT2D eigenvalue weighted by Gasteiger charge is -2.13. The predicted molar refractivity (Wildman–Crippen MR) is 88.3 cm³/mol. The number of amides is 3. The third kappa shape index (κ3) is 3.77. The molecule has 2 heterocycles. The predicted octanol–water partition coefficient (Wildman–Crippen LogP) is 1.43. The maximum atomic E-state index is 12.0. The Morgan fingerprint density at radius 2 is 1.85 bits per heavy atom. The molecule has 1 saturated heterocycles. The quantitative estimate of drug-likeness (QED) is 0.635. The molecule has 9 heteroatoms. The summed E-state index contributed by atoms with van der Waals surface area (Å²) in [6.07, 6.45) is 0.367. The number of benzene rings is 1. The first-order valence-electron chi connectivity index (χ1n) is 7.80. The lowest BCUT2D eigenvalue weighted by Crippen LogP contribution is -2.28. The van der Waals surface area contributed by atoms with Gasteiger partial charge < -0.3 is 14.6 Å². The third-order valence-corrected chi connectivity index (χ3v) is 3.64. The minimum atomic E-state index is -0.706. The normalized spacial score (nSPS) is 13.8. The zero-order valence-corrected chi connectivity index (χ0v) is 13.9. The molecular weight excluding hydrogens is 342 g/mol. The van der Waals surface area contributed by atoms with E-state index in [0.717, 1.165) is 4.90 Å². The molecule has 0 atom stereocenters. The van der Waals surface area contributed by atoms with Crippen LogP contribution in [0.25, 0.3) is 0 Å². The first-order valence-corrected chi connectivity index (χ1v) is 7.80. The summed E-state index contributed by atoms with van der Waals surface area (Å²) >= 11 is 0. The Labute approximate surface area is 147 Å². The zero-order chi connectivity index (χ0) is 18.7. The molecule has 26 heavy (non-hydrogen) atoms. The monoisotopic (exact) mass is 357 g/mol. The Balaban J connectivity index is 1.55. The van der Waals surface area contributed by atoms with Crippen molar-refractivity contribution >= 4 is 35.2 Å². The Bertz CT molecular complexity index is 855. The highest BCUT2D eigenvalue weighted by Gasteiger charge is 2.30. The number of hydrogen-bond acceptors (Lipinski definition) is 7. The molecule has 3 rings (SSSR count). The van der Waals surface area contributed by atoms with Crippen molar-refractivity contribution in [2.75, 3.05) is 16.8 Å². The van der Waals surface area contributed by atoms with Crippen LogP contribution in [0.5, 0.6) is 0 Å². The van der Waals surface area contributed by atoms with Crippen molar-refractivity contribution in [1.29, 1.82) is 0 Å². The van der Waals surface area contributed by atoms with Crippen LogP contribution >= 0.6 is 0 Å². The van der Waals surface area contributed by atoms with E-state index in [-0.39, 0.29) is 36.0 Å². The molecule has 0 bridgehead atoms. The van der Waals surface area contributed by atoms with E-state index in [4.69, 9.17) is 9.26 Å². The SMILES string of the molecule is Cc1cc(NC(=O)COC(=O)c2ccc(N3C(=O)CCC3=O)cc2)no1. The molecule has 1 aliphatic heterocycles. The average molecular weight is 357 g/mol. The maximum Gasteiger partial charge on any atom is 0.338 e. The summed E-state index contributed by atoms with van der Waals surface area (Å²) in [5, 5.41) is 6.02. The molecule has 1 aromatic carbocycles. The molecule has 2 aromatic rings. The van der Waals surface area contributed by atoms with Crippen LogP contribution in [0.4, 0.5) is 11.5 Å². The molecule has 0 saturated carbocycles. The maximum absolute atomic E-state index is 12.0. The van der Waals surface area contributed by atoms with Crippen molar-refractivity contribution in [3.8, 4) is 0 Å². The van der Waals surface area contributed by atoms with Crippen LogP contribution in [0.2, 0.25) is 0 Å². The van der Waals surface area contributed by atoms with Crippen molar-refractivity contribution in [3.05, 3.63) is 41.7 Å². The van der Waals surface area contributed by atoms with Gasteiger partial charge in [0.15, 0.2) is 12.4 Å². The van der Waals surface area contributed by atoms with Gasteiger partial charge in [-0.25, -0.2) is 4.79 Å².